The summed E-state index contributed by atoms with van der Waals surface area (Å²) < 4.78 is 1.86. The zero-order valence-corrected chi connectivity index (χ0v) is 16.0. The Balaban J connectivity index is 1.55. The average molecular weight is 372 g/mol. The lowest BCUT2D eigenvalue weighted by Crippen LogP contribution is -2.47. The minimum atomic E-state index is -0.112. The Kier molecular flexibility index (Phi) is 4.19. The van der Waals surface area contributed by atoms with Gasteiger partial charge in [-0.25, -0.2) is 4.98 Å². The molecule has 0 aliphatic carbocycles. The molecular weight excluding hydrogens is 350 g/mol. The number of rotatable bonds is 2. The number of fused-ring (bicyclic) bond motifs is 1. The Morgan fingerprint density at radius 1 is 0.962 bits per heavy atom. The largest absolute Gasteiger partial charge is 0.352 e. The molecule has 26 heavy (non-hydrogen) atoms. The standard InChI is InChI=1S/C18H22ClN7/c1-18(2,3)17-22-21-14-6-7-15(23-26(14)17)24-9-11-25(12-10-24)16-13(19)5-4-8-20-16/h4-8H,9-12H2,1-3H3. The zero-order valence-electron chi connectivity index (χ0n) is 15.2. The lowest BCUT2D eigenvalue weighted by molar-refractivity contribution is 0.525. The van der Waals surface area contributed by atoms with Crippen molar-refractivity contribution < 1.29 is 0 Å². The molecule has 0 spiro atoms. The van der Waals surface area contributed by atoms with E-state index in [1.165, 1.54) is 0 Å². The van der Waals surface area contributed by atoms with Crippen molar-refractivity contribution >= 4 is 28.9 Å². The van der Waals surface area contributed by atoms with E-state index in [2.05, 4.69) is 45.8 Å². The first-order valence-corrected chi connectivity index (χ1v) is 9.14. The Morgan fingerprint density at radius 2 is 1.69 bits per heavy atom. The minimum Gasteiger partial charge on any atom is -0.352 e. The third-order valence-electron chi connectivity index (χ3n) is 4.56. The highest BCUT2D eigenvalue weighted by molar-refractivity contribution is 6.32. The molecule has 1 aliphatic rings. The summed E-state index contributed by atoms with van der Waals surface area (Å²) in [7, 11) is 0. The van der Waals surface area contributed by atoms with E-state index in [0.717, 1.165) is 49.3 Å². The van der Waals surface area contributed by atoms with Crippen molar-refractivity contribution in [3.8, 4) is 0 Å². The van der Waals surface area contributed by atoms with Gasteiger partial charge in [0.15, 0.2) is 11.5 Å². The number of piperazine rings is 1. The zero-order chi connectivity index (χ0) is 18.3. The predicted molar refractivity (Wildman–Crippen MR) is 103 cm³/mol. The van der Waals surface area contributed by atoms with Gasteiger partial charge < -0.3 is 9.80 Å². The second kappa shape index (κ2) is 6.39. The third-order valence-corrected chi connectivity index (χ3v) is 4.86. The summed E-state index contributed by atoms with van der Waals surface area (Å²) in [5.74, 6) is 2.66. The van der Waals surface area contributed by atoms with Crippen molar-refractivity contribution in [1.29, 1.82) is 0 Å². The van der Waals surface area contributed by atoms with Gasteiger partial charge in [0.25, 0.3) is 0 Å². The Bertz CT molecular complexity index is 923. The Labute approximate surface area is 157 Å². The van der Waals surface area contributed by atoms with Crippen LogP contribution in [0, 0.1) is 0 Å². The fourth-order valence-electron chi connectivity index (χ4n) is 3.17. The van der Waals surface area contributed by atoms with E-state index in [0.29, 0.717) is 5.02 Å². The van der Waals surface area contributed by atoms with E-state index in [1.807, 2.05) is 28.8 Å². The molecule has 8 heteroatoms. The Hall–Kier alpha value is -2.41. The fraction of sp³-hybridized carbons (Fsp3) is 0.444. The highest BCUT2D eigenvalue weighted by Gasteiger charge is 2.24. The van der Waals surface area contributed by atoms with Crippen molar-refractivity contribution in [3.63, 3.8) is 0 Å². The average Bonchev–Trinajstić information content (AvgIpc) is 3.06. The fourth-order valence-corrected chi connectivity index (χ4v) is 3.41. The van der Waals surface area contributed by atoms with E-state index < -0.39 is 0 Å². The summed E-state index contributed by atoms with van der Waals surface area (Å²) in [6.07, 6.45) is 1.78. The number of aromatic nitrogens is 5. The molecule has 0 saturated carbocycles. The van der Waals surface area contributed by atoms with Crippen LogP contribution < -0.4 is 9.80 Å². The molecule has 0 N–H and O–H groups in total. The summed E-state index contributed by atoms with van der Waals surface area (Å²) in [6.45, 7) is 9.78. The minimum absolute atomic E-state index is 0.112. The van der Waals surface area contributed by atoms with Gasteiger partial charge in [-0.1, -0.05) is 32.4 Å². The highest BCUT2D eigenvalue weighted by Crippen LogP contribution is 2.25. The van der Waals surface area contributed by atoms with Crippen molar-refractivity contribution in [2.24, 2.45) is 0 Å². The van der Waals surface area contributed by atoms with Gasteiger partial charge in [0, 0.05) is 37.8 Å². The van der Waals surface area contributed by atoms with Crippen molar-refractivity contribution in [3.05, 3.63) is 41.3 Å². The second-order valence-corrected chi connectivity index (χ2v) is 7.93. The summed E-state index contributed by atoms with van der Waals surface area (Å²) in [4.78, 5) is 8.91. The molecule has 0 atom stereocenters. The molecule has 136 valence electrons. The molecule has 4 rings (SSSR count). The second-order valence-electron chi connectivity index (χ2n) is 7.52. The Morgan fingerprint density at radius 3 is 2.38 bits per heavy atom. The molecule has 0 radical (unpaired) electrons. The number of nitrogens with zero attached hydrogens (tertiary/aromatic N) is 7. The molecule has 1 aliphatic heterocycles. The van der Waals surface area contributed by atoms with Crippen LogP contribution in [0.5, 0.6) is 0 Å². The molecule has 1 saturated heterocycles. The van der Waals surface area contributed by atoms with Gasteiger partial charge in [-0.3, -0.25) is 0 Å². The first-order valence-electron chi connectivity index (χ1n) is 8.77. The van der Waals surface area contributed by atoms with E-state index in [1.54, 1.807) is 6.20 Å². The number of halogens is 1. The molecule has 0 unspecified atom stereocenters. The summed E-state index contributed by atoms with van der Waals surface area (Å²) in [5.41, 5.74) is 0.664. The van der Waals surface area contributed by atoms with E-state index in [4.69, 9.17) is 16.7 Å². The number of hydrogen-bond donors (Lipinski definition) is 0. The summed E-state index contributed by atoms with van der Waals surface area (Å²) in [6, 6.07) is 7.73. The van der Waals surface area contributed by atoms with Crippen LogP contribution in [-0.2, 0) is 5.41 Å². The van der Waals surface area contributed by atoms with Gasteiger partial charge in [0.2, 0.25) is 0 Å². The van der Waals surface area contributed by atoms with Crippen LogP contribution in [0.25, 0.3) is 5.65 Å². The summed E-state index contributed by atoms with van der Waals surface area (Å²) >= 11 is 6.28. The normalized spacial score (nSPS) is 15.7. The van der Waals surface area contributed by atoms with Crippen molar-refractivity contribution in [2.45, 2.75) is 26.2 Å². The van der Waals surface area contributed by atoms with Crippen LogP contribution in [0.1, 0.15) is 26.6 Å². The molecule has 7 nitrogen and oxygen atoms in total. The van der Waals surface area contributed by atoms with E-state index in [-0.39, 0.29) is 5.41 Å². The van der Waals surface area contributed by atoms with Crippen LogP contribution in [0.15, 0.2) is 30.5 Å². The molecule has 4 heterocycles. The van der Waals surface area contributed by atoms with Crippen molar-refractivity contribution in [2.75, 3.05) is 36.0 Å². The van der Waals surface area contributed by atoms with Crippen LogP contribution in [0.4, 0.5) is 11.6 Å². The SMILES string of the molecule is CC(C)(C)c1nnc2ccc(N3CCN(c4ncccc4Cl)CC3)nn12. The molecule has 3 aromatic heterocycles. The highest BCUT2D eigenvalue weighted by atomic mass is 35.5. The maximum absolute atomic E-state index is 6.28. The van der Waals surface area contributed by atoms with Crippen LogP contribution in [0.3, 0.4) is 0 Å². The number of hydrogen-bond acceptors (Lipinski definition) is 6. The van der Waals surface area contributed by atoms with Gasteiger partial charge >= 0.3 is 0 Å². The maximum atomic E-state index is 6.28. The van der Waals surface area contributed by atoms with Crippen molar-refractivity contribution in [1.82, 2.24) is 24.8 Å². The smallest absolute Gasteiger partial charge is 0.178 e. The molecule has 1 fully saturated rings. The lowest BCUT2D eigenvalue weighted by atomic mass is 9.96. The van der Waals surface area contributed by atoms with Gasteiger partial charge in [0.05, 0.1) is 5.02 Å². The predicted octanol–water partition coefficient (Wildman–Crippen LogP) is 2.80. The van der Waals surface area contributed by atoms with Crippen LogP contribution >= 0.6 is 11.6 Å². The first kappa shape index (κ1) is 17.0. The maximum Gasteiger partial charge on any atom is 0.178 e. The van der Waals surface area contributed by atoms with Gasteiger partial charge in [-0.2, -0.15) is 4.52 Å². The number of anilines is 2. The van der Waals surface area contributed by atoms with Crippen LogP contribution in [0.2, 0.25) is 5.02 Å². The topological polar surface area (TPSA) is 62.5 Å². The molecule has 0 bridgehead atoms. The third kappa shape index (κ3) is 3.07. The molecule has 0 aromatic carbocycles. The first-order chi connectivity index (χ1) is 12.4. The van der Waals surface area contributed by atoms with Crippen LogP contribution in [-0.4, -0.2) is 51.0 Å². The molecule has 3 aromatic rings. The van der Waals surface area contributed by atoms with E-state index in [9.17, 15) is 0 Å². The summed E-state index contributed by atoms with van der Waals surface area (Å²) in [5, 5.41) is 14.0. The van der Waals surface area contributed by atoms with Gasteiger partial charge in [0.1, 0.15) is 11.6 Å². The molecular formula is C18H22ClN7. The monoisotopic (exact) mass is 371 g/mol. The van der Waals surface area contributed by atoms with E-state index >= 15 is 0 Å². The van der Waals surface area contributed by atoms with Gasteiger partial charge in [-0.05, 0) is 24.3 Å². The lowest BCUT2D eigenvalue weighted by Gasteiger charge is -2.36. The number of pyridine rings is 1. The quantitative estimate of drug-likeness (QED) is 0.690. The molecule has 0 amide bonds. The van der Waals surface area contributed by atoms with Gasteiger partial charge in [-0.15, -0.1) is 15.3 Å².